The average Bonchev–Trinajstić information content (AvgIpc) is 2.79. The Morgan fingerprint density at radius 3 is 2.32 bits per heavy atom. The van der Waals surface area contributed by atoms with Gasteiger partial charge in [0.2, 0.25) is 0 Å². The second-order valence-corrected chi connectivity index (χ2v) is 6.76. The number of fused-ring (bicyclic) bond motifs is 1. The van der Waals surface area contributed by atoms with Gasteiger partial charge in [-0.05, 0) is 54.6 Å². The molecule has 3 aromatic carbocycles. The van der Waals surface area contributed by atoms with Gasteiger partial charge in [0.05, 0.1) is 25.4 Å². The molecule has 0 atom stereocenters. The van der Waals surface area contributed by atoms with Gasteiger partial charge in [-0.1, -0.05) is 6.07 Å². The summed E-state index contributed by atoms with van der Waals surface area (Å²) in [6.07, 6.45) is 0. The molecule has 0 spiro atoms. The molecule has 0 aliphatic carbocycles. The molecule has 4 rings (SSSR count). The Morgan fingerprint density at radius 2 is 1.61 bits per heavy atom. The molecule has 0 bridgehead atoms. The maximum absolute atomic E-state index is 13.2. The topological polar surface area (TPSA) is 72.5 Å². The van der Waals surface area contributed by atoms with E-state index in [2.05, 4.69) is 15.6 Å². The molecule has 0 saturated carbocycles. The van der Waals surface area contributed by atoms with Gasteiger partial charge in [-0.2, -0.15) is 0 Å². The number of benzene rings is 3. The summed E-state index contributed by atoms with van der Waals surface area (Å²) < 4.78 is 23.9. The number of rotatable bonds is 5. The first-order valence-electron chi connectivity index (χ1n) is 9.52. The maximum Gasteiger partial charge on any atom is 0.323 e. The Balaban J connectivity index is 1.59. The van der Waals surface area contributed by atoms with Crippen molar-refractivity contribution >= 4 is 28.3 Å². The first-order chi connectivity index (χ1) is 15.1. The smallest absolute Gasteiger partial charge is 0.323 e. The van der Waals surface area contributed by atoms with Crippen molar-refractivity contribution in [2.45, 2.75) is 0 Å². The number of halogens is 1. The number of carbonyl (C=O) groups is 1. The zero-order valence-corrected chi connectivity index (χ0v) is 17.0. The number of ether oxygens (including phenoxy) is 2. The minimum Gasteiger partial charge on any atom is -0.497 e. The van der Waals surface area contributed by atoms with E-state index in [1.165, 1.54) is 12.1 Å². The van der Waals surface area contributed by atoms with Gasteiger partial charge < -0.3 is 20.1 Å². The number of hydrogen-bond acceptors (Lipinski definition) is 4. The van der Waals surface area contributed by atoms with Crippen LogP contribution in [0.25, 0.3) is 22.2 Å². The van der Waals surface area contributed by atoms with Crippen LogP contribution in [0.5, 0.6) is 11.5 Å². The summed E-state index contributed by atoms with van der Waals surface area (Å²) in [4.78, 5) is 17.0. The molecule has 0 fully saturated rings. The largest absolute Gasteiger partial charge is 0.497 e. The maximum atomic E-state index is 13.2. The monoisotopic (exact) mass is 417 g/mol. The Labute approximate surface area is 178 Å². The van der Waals surface area contributed by atoms with E-state index in [0.717, 1.165) is 10.9 Å². The summed E-state index contributed by atoms with van der Waals surface area (Å²) >= 11 is 0. The Morgan fingerprint density at radius 1 is 0.871 bits per heavy atom. The van der Waals surface area contributed by atoms with E-state index in [1.807, 2.05) is 0 Å². The van der Waals surface area contributed by atoms with E-state index in [1.54, 1.807) is 74.9 Å². The summed E-state index contributed by atoms with van der Waals surface area (Å²) in [5, 5.41) is 6.32. The predicted octanol–water partition coefficient (Wildman–Crippen LogP) is 5.70. The number of pyridine rings is 1. The Kier molecular flexibility index (Phi) is 5.66. The number of aromatic nitrogens is 1. The number of methoxy groups -OCH3 is 2. The number of urea groups is 1. The molecule has 31 heavy (non-hydrogen) atoms. The van der Waals surface area contributed by atoms with Gasteiger partial charge in [-0.3, -0.25) is 0 Å². The number of nitrogens with one attached hydrogen (secondary N) is 2. The molecule has 0 aliphatic rings. The lowest BCUT2D eigenvalue weighted by molar-refractivity contribution is 0.262. The van der Waals surface area contributed by atoms with Crippen molar-refractivity contribution in [2.24, 2.45) is 0 Å². The van der Waals surface area contributed by atoms with Crippen LogP contribution in [0.3, 0.4) is 0 Å². The van der Waals surface area contributed by atoms with E-state index in [9.17, 15) is 9.18 Å². The van der Waals surface area contributed by atoms with Gasteiger partial charge in [0.1, 0.15) is 17.3 Å². The summed E-state index contributed by atoms with van der Waals surface area (Å²) in [6.45, 7) is 0. The van der Waals surface area contributed by atoms with Gasteiger partial charge in [0, 0.05) is 34.5 Å². The van der Waals surface area contributed by atoms with E-state index in [-0.39, 0.29) is 11.8 Å². The molecule has 6 nitrogen and oxygen atoms in total. The highest BCUT2D eigenvalue weighted by Crippen LogP contribution is 2.32. The quantitative estimate of drug-likeness (QED) is 0.437. The van der Waals surface area contributed by atoms with Crippen molar-refractivity contribution in [3.8, 4) is 22.8 Å². The van der Waals surface area contributed by atoms with Crippen molar-refractivity contribution in [3.05, 3.63) is 78.6 Å². The molecule has 156 valence electrons. The van der Waals surface area contributed by atoms with Crippen LogP contribution in [0, 0.1) is 5.82 Å². The highest BCUT2D eigenvalue weighted by molar-refractivity contribution is 6.01. The third kappa shape index (κ3) is 4.56. The molecule has 1 aromatic heterocycles. The standard InChI is InChI=1S/C24H20FN3O3/c1-30-19-5-3-4-17(12-19)26-24(29)27-18-10-11-21-20(13-18)23(31-2)14-22(28-21)15-6-8-16(25)9-7-15/h3-14H,1-2H3,(H2,26,27,29). The zero-order valence-electron chi connectivity index (χ0n) is 17.0. The lowest BCUT2D eigenvalue weighted by atomic mass is 10.1. The van der Waals surface area contributed by atoms with Crippen LogP contribution in [0.2, 0.25) is 0 Å². The minimum atomic E-state index is -0.387. The molecular formula is C24H20FN3O3. The second kappa shape index (κ2) is 8.71. The average molecular weight is 417 g/mol. The summed E-state index contributed by atoms with van der Waals surface area (Å²) in [6, 6.07) is 20.0. The first-order valence-corrected chi connectivity index (χ1v) is 9.52. The summed E-state index contributed by atoms with van der Waals surface area (Å²) in [5.41, 5.74) is 3.34. The summed E-state index contributed by atoms with van der Waals surface area (Å²) in [7, 11) is 3.13. The van der Waals surface area contributed by atoms with E-state index >= 15 is 0 Å². The number of carbonyl (C=O) groups excluding carboxylic acids is 1. The SMILES string of the molecule is COc1cccc(NC(=O)Nc2ccc3nc(-c4ccc(F)cc4)cc(OC)c3c2)c1. The highest BCUT2D eigenvalue weighted by Gasteiger charge is 2.11. The third-order valence-electron chi connectivity index (χ3n) is 4.72. The third-order valence-corrected chi connectivity index (χ3v) is 4.72. The molecule has 0 unspecified atom stereocenters. The molecule has 1 heterocycles. The van der Waals surface area contributed by atoms with E-state index < -0.39 is 0 Å². The summed E-state index contributed by atoms with van der Waals surface area (Å²) in [5.74, 6) is 0.942. The highest BCUT2D eigenvalue weighted by atomic mass is 19.1. The van der Waals surface area contributed by atoms with Crippen LogP contribution in [-0.4, -0.2) is 25.2 Å². The number of nitrogens with zero attached hydrogens (tertiary/aromatic N) is 1. The lowest BCUT2D eigenvalue weighted by Gasteiger charge is -2.12. The fourth-order valence-electron chi connectivity index (χ4n) is 3.20. The van der Waals surface area contributed by atoms with Crippen molar-refractivity contribution in [1.29, 1.82) is 0 Å². The van der Waals surface area contributed by atoms with Crippen molar-refractivity contribution < 1.29 is 18.7 Å². The van der Waals surface area contributed by atoms with Gasteiger partial charge in [-0.15, -0.1) is 0 Å². The number of anilines is 2. The fourth-order valence-corrected chi connectivity index (χ4v) is 3.20. The normalized spacial score (nSPS) is 10.5. The second-order valence-electron chi connectivity index (χ2n) is 6.76. The molecule has 4 aromatic rings. The Bertz CT molecular complexity index is 1240. The molecule has 7 heteroatoms. The van der Waals surface area contributed by atoms with E-state index in [4.69, 9.17) is 9.47 Å². The molecule has 2 amide bonds. The Hall–Kier alpha value is -4.13. The van der Waals surface area contributed by atoms with Crippen LogP contribution in [0.1, 0.15) is 0 Å². The van der Waals surface area contributed by atoms with Gasteiger partial charge in [0.25, 0.3) is 0 Å². The molecule has 0 saturated heterocycles. The minimum absolute atomic E-state index is 0.306. The number of hydrogen-bond donors (Lipinski definition) is 2. The van der Waals surface area contributed by atoms with Crippen LogP contribution in [-0.2, 0) is 0 Å². The van der Waals surface area contributed by atoms with Crippen LogP contribution >= 0.6 is 0 Å². The predicted molar refractivity (Wildman–Crippen MR) is 119 cm³/mol. The molecule has 0 aliphatic heterocycles. The van der Waals surface area contributed by atoms with Gasteiger partial charge in [-0.25, -0.2) is 14.2 Å². The van der Waals surface area contributed by atoms with Crippen molar-refractivity contribution in [1.82, 2.24) is 4.98 Å². The van der Waals surface area contributed by atoms with Crippen molar-refractivity contribution in [2.75, 3.05) is 24.9 Å². The molecule has 2 N–H and O–H groups in total. The van der Waals surface area contributed by atoms with Crippen molar-refractivity contribution in [3.63, 3.8) is 0 Å². The first kappa shape index (κ1) is 20.2. The van der Waals surface area contributed by atoms with E-state index in [0.29, 0.717) is 34.1 Å². The lowest BCUT2D eigenvalue weighted by Crippen LogP contribution is -2.19. The van der Waals surface area contributed by atoms with Gasteiger partial charge in [0.15, 0.2) is 0 Å². The van der Waals surface area contributed by atoms with Crippen LogP contribution in [0.4, 0.5) is 20.6 Å². The zero-order chi connectivity index (χ0) is 21.8. The molecular weight excluding hydrogens is 397 g/mol. The fraction of sp³-hybridized carbons (Fsp3) is 0.0833. The molecule has 0 radical (unpaired) electrons. The van der Waals surface area contributed by atoms with Crippen LogP contribution in [0.15, 0.2) is 72.8 Å². The van der Waals surface area contributed by atoms with Crippen LogP contribution < -0.4 is 20.1 Å². The van der Waals surface area contributed by atoms with Gasteiger partial charge >= 0.3 is 6.03 Å². The number of amides is 2.